The fraction of sp³-hybridized carbons (Fsp3) is 0.333. The van der Waals surface area contributed by atoms with Crippen LogP contribution in [0.25, 0.3) is 0 Å². The summed E-state index contributed by atoms with van der Waals surface area (Å²) in [5, 5.41) is 0. The second kappa shape index (κ2) is 6.51. The number of methoxy groups -OCH3 is 3. The molecule has 7 heteroatoms. The van der Waals surface area contributed by atoms with Crippen molar-refractivity contribution in [2.45, 2.75) is 19.3 Å². The van der Waals surface area contributed by atoms with Crippen molar-refractivity contribution in [2.24, 2.45) is 0 Å². The highest BCUT2D eigenvalue weighted by Crippen LogP contribution is 2.46. The summed E-state index contributed by atoms with van der Waals surface area (Å²) in [6, 6.07) is 5.03. The zero-order valence-electron chi connectivity index (χ0n) is 14.5. The Morgan fingerprint density at radius 3 is 2.20 bits per heavy atom. The number of benzene rings is 1. The van der Waals surface area contributed by atoms with Gasteiger partial charge in [0.15, 0.2) is 0 Å². The quantitative estimate of drug-likeness (QED) is 0.855. The second-order valence-corrected chi connectivity index (χ2v) is 5.74. The Kier molecular flexibility index (Phi) is 4.39. The van der Waals surface area contributed by atoms with Crippen LogP contribution in [0.2, 0.25) is 0 Å². The van der Waals surface area contributed by atoms with Crippen LogP contribution in [-0.2, 0) is 4.79 Å². The Labute approximate surface area is 144 Å². The minimum Gasteiger partial charge on any atom is -0.496 e. The first-order valence-corrected chi connectivity index (χ1v) is 7.72. The monoisotopic (exact) mass is 345 g/mol. The van der Waals surface area contributed by atoms with Crippen LogP contribution >= 0.6 is 0 Å². The molecule has 25 heavy (non-hydrogen) atoms. The van der Waals surface area contributed by atoms with Crippen LogP contribution in [0.15, 0.2) is 23.0 Å². The van der Waals surface area contributed by atoms with Crippen LogP contribution < -0.4 is 24.5 Å². The van der Waals surface area contributed by atoms with E-state index in [2.05, 4.69) is 4.98 Å². The molecule has 1 aliphatic heterocycles. The van der Waals surface area contributed by atoms with E-state index in [4.69, 9.17) is 18.9 Å². The molecule has 0 aliphatic carbocycles. The number of esters is 1. The van der Waals surface area contributed by atoms with Crippen LogP contribution in [0, 0.1) is 6.92 Å². The van der Waals surface area contributed by atoms with Crippen molar-refractivity contribution in [1.82, 2.24) is 4.98 Å². The number of aromatic nitrogens is 1. The zero-order valence-corrected chi connectivity index (χ0v) is 14.5. The van der Waals surface area contributed by atoms with Gasteiger partial charge in [-0.15, -0.1) is 0 Å². The first-order valence-electron chi connectivity index (χ1n) is 7.72. The van der Waals surface area contributed by atoms with Gasteiger partial charge in [-0.25, -0.2) is 0 Å². The van der Waals surface area contributed by atoms with E-state index < -0.39 is 11.9 Å². The van der Waals surface area contributed by atoms with Gasteiger partial charge in [-0.2, -0.15) is 0 Å². The molecule has 0 spiro atoms. The molecule has 1 aliphatic rings. The summed E-state index contributed by atoms with van der Waals surface area (Å²) in [7, 11) is 4.56. The van der Waals surface area contributed by atoms with Crippen LogP contribution in [0.3, 0.4) is 0 Å². The molecule has 0 saturated carbocycles. The number of hydrogen-bond acceptors (Lipinski definition) is 6. The van der Waals surface area contributed by atoms with Gasteiger partial charge in [-0.1, -0.05) is 0 Å². The lowest BCUT2D eigenvalue weighted by molar-refractivity contribution is -0.135. The van der Waals surface area contributed by atoms with Gasteiger partial charge in [0, 0.05) is 35.4 Å². The Bertz CT molecular complexity index is 861. The van der Waals surface area contributed by atoms with Gasteiger partial charge >= 0.3 is 5.97 Å². The molecule has 1 atom stereocenters. The van der Waals surface area contributed by atoms with Gasteiger partial charge in [0.1, 0.15) is 23.0 Å². The van der Waals surface area contributed by atoms with E-state index in [1.54, 1.807) is 25.1 Å². The molecule has 1 aromatic carbocycles. The average molecular weight is 345 g/mol. The molecule has 0 fully saturated rings. The summed E-state index contributed by atoms with van der Waals surface area (Å²) in [6.45, 7) is 1.73. The maximum Gasteiger partial charge on any atom is 0.312 e. The molecule has 0 bridgehead atoms. The van der Waals surface area contributed by atoms with Gasteiger partial charge < -0.3 is 23.9 Å². The lowest BCUT2D eigenvalue weighted by atomic mass is 9.85. The number of carbonyl (C=O) groups excluding carboxylic acids is 1. The number of pyridine rings is 1. The Morgan fingerprint density at radius 2 is 1.64 bits per heavy atom. The summed E-state index contributed by atoms with van der Waals surface area (Å²) in [6.07, 6.45) is 0.0121. The van der Waals surface area contributed by atoms with Crippen LogP contribution in [0.5, 0.6) is 23.0 Å². The van der Waals surface area contributed by atoms with E-state index in [1.807, 2.05) is 0 Å². The Morgan fingerprint density at radius 1 is 1.00 bits per heavy atom. The molecule has 1 N–H and O–H groups in total. The number of fused-ring (bicyclic) bond motifs is 1. The second-order valence-electron chi connectivity index (χ2n) is 5.74. The van der Waals surface area contributed by atoms with Crippen molar-refractivity contribution in [3.8, 4) is 23.0 Å². The maximum atomic E-state index is 12.5. The Hall–Kier alpha value is -2.96. The van der Waals surface area contributed by atoms with Crippen LogP contribution in [0.4, 0.5) is 0 Å². The molecule has 0 radical (unpaired) electrons. The molecule has 2 heterocycles. The number of H-pyrrole nitrogens is 1. The van der Waals surface area contributed by atoms with E-state index in [0.29, 0.717) is 34.1 Å². The van der Waals surface area contributed by atoms with Gasteiger partial charge in [0.25, 0.3) is 5.56 Å². The predicted molar refractivity (Wildman–Crippen MR) is 90.0 cm³/mol. The smallest absolute Gasteiger partial charge is 0.312 e. The first-order chi connectivity index (χ1) is 12.0. The number of nitrogens with one attached hydrogen (secondary N) is 1. The number of aryl methyl sites for hydroxylation is 1. The molecule has 7 nitrogen and oxygen atoms in total. The van der Waals surface area contributed by atoms with Crippen molar-refractivity contribution < 1.29 is 23.7 Å². The third-order valence-corrected chi connectivity index (χ3v) is 4.21. The van der Waals surface area contributed by atoms with E-state index in [-0.39, 0.29) is 17.7 Å². The highest BCUT2D eigenvalue weighted by molar-refractivity contribution is 5.78. The van der Waals surface area contributed by atoms with E-state index in [1.165, 1.54) is 21.3 Å². The normalized spacial score (nSPS) is 16.0. The molecule has 3 rings (SSSR count). The van der Waals surface area contributed by atoms with E-state index in [9.17, 15) is 9.59 Å². The third kappa shape index (κ3) is 2.93. The lowest BCUT2D eigenvalue weighted by Crippen LogP contribution is -2.28. The molecule has 0 unspecified atom stereocenters. The number of rotatable bonds is 4. The van der Waals surface area contributed by atoms with Crippen LogP contribution in [0.1, 0.15) is 29.2 Å². The predicted octanol–water partition coefficient (Wildman–Crippen LogP) is 2.15. The molecular formula is C18H19NO6. The summed E-state index contributed by atoms with van der Waals surface area (Å²) in [4.78, 5) is 27.4. The van der Waals surface area contributed by atoms with Crippen molar-refractivity contribution >= 4 is 5.97 Å². The SMILES string of the molecule is COc1cc(OC)c([C@@H]2CC(=O)Oc3cc(C)[nH]c(=O)c32)c(OC)c1. The fourth-order valence-corrected chi connectivity index (χ4v) is 3.14. The minimum absolute atomic E-state index is 0.0121. The van der Waals surface area contributed by atoms with Crippen molar-refractivity contribution in [1.29, 1.82) is 0 Å². The maximum absolute atomic E-state index is 12.5. The average Bonchev–Trinajstić information content (AvgIpc) is 2.58. The van der Waals surface area contributed by atoms with E-state index in [0.717, 1.165) is 0 Å². The van der Waals surface area contributed by atoms with Gasteiger partial charge in [0.05, 0.1) is 33.3 Å². The number of hydrogen-bond donors (Lipinski definition) is 1. The molecule has 0 saturated heterocycles. The van der Waals surface area contributed by atoms with Crippen LogP contribution in [-0.4, -0.2) is 32.3 Å². The fourth-order valence-electron chi connectivity index (χ4n) is 3.14. The van der Waals surface area contributed by atoms with Gasteiger partial charge in [-0.05, 0) is 6.92 Å². The molecule has 0 amide bonds. The molecular weight excluding hydrogens is 326 g/mol. The largest absolute Gasteiger partial charge is 0.496 e. The van der Waals surface area contributed by atoms with Gasteiger partial charge in [-0.3, -0.25) is 9.59 Å². The topological polar surface area (TPSA) is 86.9 Å². The lowest BCUT2D eigenvalue weighted by Gasteiger charge is -2.27. The van der Waals surface area contributed by atoms with Crippen molar-refractivity contribution in [2.75, 3.05) is 21.3 Å². The summed E-state index contributed by atoms with van der Waals surface area (Å²) in [5.74, 6) is 0.804. The van der Waals surface area contributed by atoms with Crippen molar-refractivity contribution in [3.05, 3.63) is 45.4 Å². The highest BCUT2D eigenvalue weighted by atomic mass is 16.5. The standard InChI is InChI=1S/C18H19NO6/c1-9-5-14-17(18(21)19-9)11(8-15(20)25-14)16-12(23-3)6-10(22-2)7-13(16)24-4/h5-7,11H,8H2,1-4H3,(H,19,21)/t11-/m0/s1. The number of ether oxygens (including phenoxy) is 4. The summed E-state index contributed by atoms with van der Waals surface area (Å²) >= 11 is 0. The molecule has 1 aromatic heterocycles. The van der Waals surface area contributed by atoms with Gasteiger partial charge in [0.2, 0.25) is 0 Å². The molecule has 132 valence electrons. The third-order valence-electron chi connectivity index (χ3n) is 4.21. The summed E-state index contributed by atoms with van der Waals surface area (Å²) in [5.41, 5.74) is 1.31. The molecule has 2 aromatic rings. The van der Waals surface area contributed by atoms with E-state index >= 15 is 0 Å². The summed E-state index contributed by atoms with van der Waals surface area (Å²) < 4.78 is 21.5. The Balaban J connectivity index is 2.28. The number of aromatic amines is 1. The zero-order chi connectivity index (χ0) is 18.1. The highest BCUT2D eigenvalue weighted by Gasteiger charge is 2.35. The number of carbonyl (C=O) groups is 1. The first kappa shape index (κ1) is 16.9. The minimum atomic E-state index is -0.545. The van der Waals surface area contributed by atoms with Crippen molar-refractivity contribution in [3.63, 3.8) is 0 Å².